The van der Waals surface area contributed by atoms with Gasteiger partial charge in [-0.25, -0.2) is 4.39 Å². The lowest BCUT2D eigenvalue weighted by Gasteiger charge is -2.26. The molecule has 1 aliphatic heterocycles. The van der Waals surface area contributed by atoms with Gasteiger partial charge in [0.05, 0.1) is 6.42 Å². The fourth-order valence-corrected chi connectivity index (χ4v) is 2.41. The minimum atomic E-state index is -0.311. The Hall–Kier alpha value is -1.42. The Labute approximate surface area is 113 Å². The topological polar surface area (TPSA) is 32.3 Å². The maximum absolute atomic E-state index is 13.4. The Kier molecular flexibility index (Phi) is 5.33. The van der Waals surface area contributed by atoms with Crippen LogP contribution in [0.1, 0.15) is 24.8 Å². The Morgan fingerprint density at radius 1 is 1.21 bits per heavy atom. The van der Waals surface area contributed by atoms with Crippen molar-refractivity contribution in [3.63, 3.8) is 0 Å². The zero-order chi connectivity index (χ0) is 13.5. The van der Waals surface area contributed by atoms with Crippen molar-refractivity contribution >= 4 is 5.91 Å². The van der Waals surface area contributed by atoms with Crippen molar-refractivity contribution in [3.05, 3.63) is 35.6 Å². The number of amides is 1. The van der Waals surface area contributed by atoms with Crippen molar-refractivity contribution < 1.29 is 9.18 Å². The molecule has 0 saturated carbocycles. The van der Waals surface area contributed by atoms with Gasteiger partial charge >= 0.3 is 0 Å². The van der Waals surface area contributed by atoms with Gasteiger partial charge in [-0.3, -0.25) is 4.79 Å². The molecule has 1 aromatic carbocycles. The van der Waals surface area contributed by atoms with Crippen LogP contribution in [-0.4, -0.2) is 37.0 Å². The zero-order valence-corrected chi connectivity index (χ0v) is 11.2. The lowest BCUT2D eigenvalue weighted by molar-refractivity contribution is -0.120. The molecule has 1 amide bonds. The summed E-state index contributed by atoms with van der Waals surface area (Å²) in [5.41, 5.74) is 0.456. The first kappa shape index (κ1) is 14.0. The lowest BCUT2D eigenvalue weighted by atomic mass is 10.1. The van der Waals surface area contributed by atoms with E-state index in [1.807, 2.05) is 0 Å². The number of nitrogens with zero attached hydrogens (tertiary/aromatic N) is 1. The van der Waals surface area contributed by atoms with Gasteiger partial charge < -0.3 is 10.2 Å². The summed E-state index contributed by atoms with van der Waals surface area (Å²) < 4.78 is 13.4. The van der Waals surface area contributed by atoms with Crippen LogP contribution >= 0.6 is 0 Å². The van der Waals surface area contributed by atoms with E-state index in [-0.39, 0.29) is 18.1 Å². The molecule has 1 heterocycles. The first-order valence-electron chi connectivity index (χ1n) is 6.98. The fraction of sp³-hybridized carbons (Fsp3) is 0.533. The highest BCUT2D eigenvalue weighted by Gasteiger charge is 2.11. The molecule has 1 N–H and O–H groups in total. The van der Waals surface area contributed by atoms with Gasteiger partial charge in [0, 0.05) is 13.1 Å². The highest BCUT2D eigenvalue weighted by Crippen LogP contribution is 2.08. The smallest absolute Gasteiger partial charge is 0.224 e. The predicted molar refractivity (Wildman–Crippen MR) is 73.4 cm³/mol. The second kappa shape index (κ2) is 7.24. The average molecular weight is 264 g/mol. The highest BCUT2D eigenvalue weighted by atomic mass is 19.1. The number of carbonyl (C=O) groups excluding carboxylic acids is 1. The van der Waals surface area contributed by atoms with E-state index in [1.165, 1.54) is 25.3 Å². The Bertz CT molecular complexity index is 416. The normalized spacial score (nSPS) is 16.3. The molecule has 0 unspecified atom stereocenters. The first-order chi connectivity index (χ1) is 9.25. The molecule has 1 saturated heterocycles. The van der Waals surface area contributed by atoms with E-state index < -0.39 is 0 Å². The van der Waals surface area contributed by atoms with Crippen LogP contribution in [0.25, 0.3) is 0 Å². The molecule has 0 atom stereocenters. The molecule has 1 fully saturated rings. The largest absolute Gasteiger partial charge is 0.355 e. The van der Waals surface area contributed by atoms with E-state index in [2.05, 4.69) is 10.2 Å². The van der Waals surface area contributed by atoms with Gasteiger partial charge in [-0.1, -0.05) is 24.6 Å². The first-order valence-corrected chi connectivity index (χ1v) is 6.98. The van der Waals surface area contributed by atoms with Crippen molar-refractivity contribution in [1.82, 2.24) is 10.2 Å². The van der Waals surface area contributed by atoms with Crippen molar-refractivity contribution in [2.75, 3.05) is 26.2 Å². The van der Waals surface area contributed by atoms with Crippen molar-refractivity contribution in [2.45, 2.75) is 25.7 Å². The van der Waals surface area contributed by atoms with Crippen LogP contribution < -0.4 is 5.32 Å². The molecule has 19 heavy (non-hydrogen) atoms. The number of piperidine rings is 1. The van der Waals surface area contributed by atoms with Crippen LogP contribution in [-0.2, 0) is 11.2 Å². The minimum absolute atomic E-state index is 0.109. The van der Waals surface area contributed by atoms with Crippen LogP contribution in [0.5, 0.6) is 0 Å². The molecule has 2 rings (SSSR count). The number of likely N-dealkylation sites (tertiary alicyclic amines) is 1. The monoisotopic (exact) mass is 264 g/mol. The van der Waals surface area contributed by atoms with Gasteiger partial charge in [0.15, 0.2) is 0 Å². The third kappa shape index (κ3) is 4.63. The molecule has 0 aliphatic carbocycles. The van der Waals surface area contributed by atoms with Crippen molar-refractivity contribution in [1.29, 1.82) is 0 Å². The number of benzene rings is 1. The van der Waals surface area contributed by atoms with Gasteiger partial charge in [0.2, 0.25) is 5.91 Å². The van der Waals surface area contributed by atoms with E-state index >= 15 is 0 Å². The Morgan fingerprint density at radius 2 is 1.95 bits per heavy atom. The van der Waals surface area contributed by atoms with Gasteiger partial charge in [0.1, 0.15) is 5.82 Å². The molecule has 0 spiro atoms. The summed E-state index contributed by atoms with van der Waals surface area (Å²) in [4.78, 5) is 14.1. The minimum Gasteiger partial charge on any atom is -0.355 e. The Morgan fingerprint density at radius 3 is 2.68 bits per heavy atom. The molecule has 4 heteroatoms. The standard InChI is InChI=1S/C15H21FN2O/c16-14-7-3-2-6-13(14)12-15(19)17-8-11-18-9-4-1-5-10-18/h2-3,6-7H,1,4-5,8-12H2,(H,17,19). The third-order valence-corrected chi connectivity index (χ3v) is 3.51. The van der Waals surface area contributed by atoms with Crippen molar-refractivity contribution in [3.8, 4) is 0 Å². The van der Waals surface area contributed by atoms with Gasteiger partial charge in [-0.15, -0.1) is 0 Å². The van der Waals surface area contributed by atoms with E-state index in [9.17, 15) is 9.18 Å². The predicted octanol–water partition coefficient (Wildman–Crippen LogP) is 1.97. The second-order valence-corrected chi connectivity index (χ2v) is 5.02. The maximum atomic E-state index is 13.4. The van der Waals surface area contributed by atoms with Gasteiger partial charge in [0.25, 0.3) is 0 Å². The van der Waals surface area contributed by atoms with Crippen molar-refractivity contribution in [2.24, 2.45) is 0 Å². The number of carbonyl (C=O) groups is 1. The average Bonchev–Trinajstić information content (AvgIpc) is 2.43. The van der Waals surface area contributed by atoms with Gasteiger partial charge in [-0.2, -0.15) is 0 Å². The lowest BCUT2D eigenvalue weighted by Crippen LogP contribution is -2.38. The third-order valence-electron chi connectivity index (χ3n) is 3.51. The summed E-state index contributed by atoms with van der Waals surface area (Å²) in [6.07, 6.45) is 3.94. The van der Waals surface area contributed by atoms with Crippen LogP contribution in [0, 0.1) is 5.82 Å². The molecule has 1 aliphatic rings. The van der Waals surface area contributed by atoms with E-state index in [0.717, 1.165) is 19.6 Å². The number of hydrogen-bond acceptors (Lipinski definition) is 2. The van der Waals surface area contributed by atoms with Gasteiger partial charge in [-0.05, 0) is 37.6 Å². The number of halogens is 1. The van der Waals surface area contributed by atoms with Crippen LogP contribution in [0.3, 0.4) is 0 Å². The summed E-state index contributed by atoms with van der Waals surface area (Å²) in [6.45, 7) is 3.79. The molecule has 0 aromatic heterocycles. The molecular weight excluding hydrogens is 243 g/mol. The summed E-state index contributed by atoms with van der Waals surface area (Å²) in [6, 6.07) is 6.42. The fourth-order valence-electron chi connectivity index (χ4n) is 2.41. The summed E-state index contributed by atoms with van der Waals surface area (Å²) in [7, 11) is 0. The number of hydrogen-bond donors (Lipinski definition) is 1. The molecular formula is C15H21FN2O. The molecule has 1 aromatic rings. The molecule has 0 radical (unpaired) electrons. The maximum Gasteiger partial charge on any atom is 0.224 e. The summed E-state index contributed by atoms with van der Waals surface area (Å²) >= 11 is 0. The van der Waals surface area contributed by atoms with E-state index in [4.69, 9.17) is 0 Å². The molecule has 3 nitrogen and oxygen atoms in total. The molecule has 0 bridgehead atoms. The molecule has 104 valence electrons. The number of rotatable bonds is 5. The summed E-state index contributed by atoms with van der Waals surface area (Å²) in [5, 5.41) is 2.86. The van der Waals surface area contributed by atoms with E-state index in [0.29, 0.717) is 12.1 Å². The second-order valence-electron chi connectivity index (χ2n) is 5.02. The van der Waals surface area contributed by atoms with Crippen LogP contribution in [0.15, 0.2) is 24.3 Å². The van der Waals surface area contributed by atoms with Crippen LogP contribution in [0.4, 0.5) is 4.39 Å². The van der Waals surface area contributed by atoms with Crippen LogP contribution in [0.2, 0.25) is 0 Å². The quantitative estimate of drug-likeness (QED) is 0.882. The van der Waals surface area contributed by atoms with E-state index in [1.54, 1.807) is 18.2 Å². The highest BCUT2D eigenvalue weighted by molar-refractivity contribution is 5.78. The zero-order valence-electron chi connectivity index (χ0n) is 11.2. The SMILES string of the molecule is O=C(Cc1ccccc1F)NCCN1CCCCC1. The Balaban J connectivity index is 1.68. The summed E-state index contributed by atoms with van der Waals surface area (Å²) in [5.74, 6) is -0.421. The number of nitrogens with one attached hydrogen (secondary N) is 1.